The Morgan fingerprint density at radius 3 is 2.14 bits per heavy atom. The van der Waals surface area contributed by atoms with Crippen molar-refractivity contribution in [2.75, 3.05) is 24.2 Å². The van der Waals surface area contributed by atoms with Crippen LogP contribution in [0.3, 0.4) is 0 Å². The molecule has 0 heterocycles. The summed E-state index contributed by atoms with van der Waals surface area (Å²) >= 11 is 0. The Morgan fingerprint density at radius 1 is 1.03 bits per heavy atom. The molecule has 2 aromatic rings. The van der Waals surface area contributed by atoms with Crippen LogP contribution in [-0.2, 0) is 26.2 Å². The molecule has 2 rings (SSSR count). The molecule has 0 saturated carbocycles. The van der Waals surface area contributed by atoms with Gasteiger partial charge in [0.25, 0.3) is 0 Å². The van der Waals surface area contributed by atoms with Crippen molar-refractivity contribution in [3.05, 3.63) is 59.7 Å². The van der Waals surface area contributed by atoms with E-state index in [-0.39, 0.29) is 30.8 Å². The fraction of sp³-hybridized carbons (Fsp3) is 0.481. The van der Waals surface area contributed by atoms with E-state index in [1.165, 1.54) is 4.31 Å². The van der Waals surface area contributed by atoms with Gasteiger partial charge < -0.3 is 15.0 Å². The summed E-state index contributed by atoms with van der Waals surface area (Å²) in [5.41, 5.74) is 2.55. The predicted molar refractivity (Wildman–Crippen MR) is 144 cm³/mol. The van der Waals surface area contributed by atoms with Crippen LogP contribution < -0.4 is 14.4 Å². The molecule has 0 spiro atoms. The van der Waals surface area contributed by atoms with Crippen LogP contribution in [0, 0.1) is 6.92 Å². The van der Waals surface area contributed by atoms with Crippen LogP contribution in [0.1, 0.15) is 51.2 Å². The second-order valence-electron chi connectivity index (χ2n) is 9.23. The zero-order chi connectivity index (χ0) is 26.9. The van der Waals surface area contributed by atoms with Gasteiger partial charge in [0.1, 0.15) is 11.8 Å². The van der Waals surface area contributed by atoms with Gasteiger partial charge >= 0.3 is 0 Å². The Bertz CT molecular complexity index is 1100. The maximum Gasteiger partial charge on any atom is 0.243 e. The minimum absolute atomic E-state index is 0.0457. The summed E-state index contributed by atoms with van der Waals surface area (Å²) in [6.45, 7) is 8.09. The number of carbonyl (C=O) groups excluding carboxylic acids is 2. The third-order valence-corrected chi connectivity index (χ3v) is 7.00. The summed E-state index contributed by atoms with van der Waals surface area (Å²) in [6.07, 6.45) is 2.04. The summed E-state index contributed by atoms with van der Waals surface area (Å²) in [6, 6.07) is 13.9. The summed E-state index contributed by atoms with van der Waals surface area (Å²) in [7, 11) is -2.01. The molecule has 2 amide bonds. The number of anilines is 1. The first-order chi connectivity index (χ1) is 17.0. The molecule has 0 saturated heterocycles. The molecule has 0 unspecified atom stereocenters. The highest BCUT2D eigenvalue weighted by Crippen LogP contribution is 2.22. The highest BCUT2D eigenvalue weighted by atomic mass is 32.2. The van der Waals surface area contributed by atoms with Crippen molar-refractivity contribution in [3.63, 3.8) is 0 Å². The van der Waals surface area contributed by atoms with Gasteiger partial charge in [-0.05, 0) is 63.4 Å². The van der Waals surface area contributed by atoms with E-state index in [9.17, 15) is 18.0 Å². The minimum Gasteiger partial charge on any atom is -0.497 e. The standard InChI is InChI=1S/C27H39N3O5S/c1-7-25(27(32)28-20(2)3)29(19-22-12-10-21(4)11-13-22)26(31)9-8-18-30(36(6,33)34)23-14-16-24(35-5)17-15-23/h10-17,20,25H,7-9,18-19H2,1-6H3,(H,28,32)/t25-/m0/s1. The number of ether oxygens (including phenoxy) is 1. The molecule has 0 aromatic heterocycles. The Morgan fingerprint density at radius 2 is 1.64 bits per heavy atom. The van der Waals surface area contributed by atoms with Gasteiger partial charge in [-0.1, -0.05) is 36.8 Å². The molecular formula is C27H39N3O5S. The van der Waals surface area contributed by atoms with Crippen LogP contribution in [0.2, 0.25) is 0 Å². The Labute approximate surface area is 215 Å². The maximum atomic E-state index is 13.4. The average Bonchev–Trinajstić information content (AvgIpc) is 2.81. The van der Waals surface area contributed by atoms with Crippen LogP contribution >= 0.6 is 0 Å². The van der Waals surface area contributed by atoms with Gasteiger partial charge in [-0.25, -0.2) is 8.42 Å². The van der Waals surface area contributed by atoms with Gasteiger partial charge in [0.15, 0.2) is 0 Å². The zero-order valence-electron chi connectivity index (χ0n) is 22.2. The van der Waals surface area contributed by atoms with Gasteiger partial charge in [0, 0.05) is 25.6 Å². The number of benzene rings is 2. The Hall–Kier alpha value is -3.07. The van der Waals surface area contributed by atoms with Crippen molar-refractivity contribution in [1.29, 1.82) is 0 Å². The Kier molecular flexibility index (Phi) is 10.8. The van der Waals surface area contributed by atoms with Crippen molar-refractivity contribution < 1.29 is 22.7 Å². The van der Waals surface area contributed by atoms with Crippen LogP contribution in [0.15, 0.2) is 48.5 Å². The molecule has 2 aromatic carbocycles. The van der Waals surface area contributed by atoms with Gasteiger partial charge in [-0.3, -0.25) is 13.9 Å². The monoisotopic (exact) mass is 517 g/mol. The quantitative estimate of drug-likeness (QED) is 0.435. The van der Waals surface area contributed by atoms with Crippen LogP contribution in [-0.4, -0.2) is 57.1 Å². The van der Waals surface area contributed by atoms with E-state index in [1.54, 1.807) is 36.3 Å². The molecular weight excluding hydrogens is 478 g/mol. The Balaban J connectivity index is 2.20. The van der Waals surface area contributed by atoms with E-state index in [2.05, 4.69) is 5.32 Å². The lowest BCUT2D eigenvalue weighted by atomic mass is 10.1. The number of rotatable bonds is 13. The van der Waals surface area contributed by atoms with E-state index in [1.807, 2.05) is 52.0 Å². The fourth-order valence-electron chi connectivity index (χ4n) is 3.94. The van der Waals surface area contributed by atoms with Crippen molar-refractivity contribution in [3.8, 4) is 5.75 Å². The molecule has 0 aliphatic carbocycles. The fourth-order valence-corrected chi connectivity index (χ4v) is 4.91. The van der Waals surface area contributed by atoms with E-state index in [0.717, 1.165) is 17.4 Å². The number of amides is 2. The van der Waals surface area contributed by atoms with Crippen molar-refractivity contribution >= 4 is 27.5 Å². The number of methoxy groups -OCH3 is 1. The molecule has 0 radical (unpaired) electrons. The van der Waals surface area contributed by atoms with Crippen molar-refractivity contribution in [2.24, 2.45) is 0 Å². The van der Waals surface area contributed by atoms with E-state index >= 15 is 0 Å². The van der Waals surface area contributed by atoms with E-state index in [4.69, 9.17) is 4.74 Å². The van der Waals surface area contributed by atoms with Gasteiger partial charge in [0.2, 0.25) is 21.8 Å². The summed E-state index contributed by atoms with van der Waals surface area (Å²) < 4.78 is 31.4. The highest BCUT2D eigenvalue weighted by molar-refractivity contribution is 7.92. The molecule has 0 aliphatic rings. The molecule has 9 heteroatoms. The highest BCUT2D eigenvalue weighted by Gasteiger charge is 2.29. The third-order valence-electron chi connectivity index (χ3n) is 5.80. The largest absolute Gasteiger partial charge is 0.497 e. The topological polar surface area (TPSA) is 96.0 Å². The normalized spacial score (nSPS) is 12.2. The summed E-state index contributed by atoms with van der Waals surface area (Å²) in [4.78, 5) is 28.0. The number of carbonyl (C=O) groups is 2. The number of sulfonamides is 1. The lowest BCUT2D eigenvalue weighted by molar-refractivity contribution is -0.141. The van der Waals surface area contributed by atoms with Crippen molar-refractivity contribution in [1.82, 2.24) is 10.2 Å². The molecule has 198 valence electrons. The van der Waals surface area contributed by atoms with E-state index < -0.39 is 16.1 Å². The first kappa shape index (κ1) is 29.2. The lowest BCUT2D eigenvalue weighted by Gasteiger charge is -2.31. The number of aryl methyl sites for hydroxylation is 1. The van der Waals surface area contributed by atoms with Crippen molar-refractivity contribution in [2.45, 2.75) is 65.6 Å². The lowest BCUT2D eigenvalue weighted by Crippen LogP contribution is -2.50. The second-order valence-corrected chi connectivity index (χ2v) is 11.1. The summed E-state index contributed by atoms with van der Waals surface area (Å²) in [5, 5.41) is 2.92. The molecule has 1 N–H and O–H groups in total. The molecule has 1 atom stereocenters. The van der Waals surface area contributed by atoms with Crippen LogP contribution in [0.5, 0.6) is 5.75 Å². The van der Waals surface area contributed by atoms with E-state index in [0.29, 0.717) is 30.8 Å². The molecule has 0 aliphatic heterocycles. The van der Waals surface area contributed by atoms with Crippen LogP contribution in [0.25, 0.3) is 0 Å². The first-order valence-corrected chi connectivity index (χ1v) is 14.1. The number of hydrogen-bond donors (Lipinski definition) is 1. The number of nitrogens with one attached hydrogen (secondary N) is 1. The molecule has 0 bridgehead atoms. The van der Waals surface area contributed by atoms with Crippen LogP contribution in [0.4, 0.5) is 5.69 Å². The molecule has 36 heavy (non-hydrogen) atoms. The predicted octanol–water partition coefficient (Wildman–Crippen LogP) is 3.88. The zero-order valence-corrected chi connectivity index (χ0v) is 23.0. The number of hydrogen-bond acceptors (Lipinski definition) is 5. The first-order valence-electron chi connectivity index (χ1n) is 12.2. The molecule has 0 fully saturated rings. The third kappa shape index (κ3) is 8.55. The van der Waals surface area contributed by atoms with Gasteiger partial charge in [0.05, 0.1) is 19.1 Å². The summed E-state index contributed by atoms with van der Waals surface area (Å²) in [5.74, 6) is 0.243. The minimum atomic E-state index is -3.55. The molecule has 8 nitrogen and oxygen atoms in total. The SMILES string of the molecule is CC[C@@H](C(=O)NC(C)C)N(Cc1ccc(C)cc1)C(=O)CCCN(c1ccc(OC)cc1)S(C)(=O)=O. The number of nitrogens with zero attached hydrogens (tertiary/aromatic N) is 2. The second kappa shape index (κ2) is 13.3. The van der Waals surface area contributed by atoms with Gasteiger partial charge in [-0.2, -0.15) is 0 Å². The smallest absolute Gasteiger partial charge is 0.243 e. The average molecular weight is 518 g/mol. The van der Waals surface area contributed by atoms with Gasteiger partial charge in [-0.15, -0.1) is 0 Å². The maximum absolute atomic E-state index is 13.4.